The summed E-state index contributed by atoms with van der Waals surface area (Å²) in [6.07, 6.45) is 1.21. The molecule has 1 aromatic carbocycles. The zero-order valence-corrected chi connectivity index (χ0v) is 20.1. The number of benzene rings is 1. The van der Waals surface area contributed by atoms with Crippen LogP contribution in [0.1, 0.15) is 38.7 Å². The molecule has 2 aliphatic heterocycles. The monoisotopic (exact) mass is 499 g/mol. The van der Waals surface area contributed by atoms with Gasteiger partial charge in [-0.2, -0.15) is 0 Å². The lowest BCUT2D eigenvalue weighted by Gasteiger charge is -2.37. The third-order valence-electron chi connectivity index (χ3n) is 6.08. The molecule has 6 heteroatoms. The normalized spacial score (nSPS) is 22.8. The Morgan fingerprint density at radius 2 is 1.82 bits per heavy atom. The third kappa shape index (κ3) is 6.32. The van der Waals surface area contributed by atoms with E-state index in [0.717, 1.165) is 32.1 Å². The van der Waals surface area contributed by atoms with Crippen LogP contribution in [-0.2, 0) is 0 Å². The highest BCUT2D eigenvalue weighted by Gasteiger charge is 2.26. The van der Waals surface area contributed by atoms with Crippen LogP contribution < -0.4 is 5.32 Å². The molecule has 0 radical (unpaired) electrons. The fourth-order valence-corrected chi connectivity index (χ4v) is 4.23. The van der Waals surface area contributed by atoms with Crippen molar-refractivity contribution in [1.82, 2.24) is 20.0 Å². The zero-order chi connectivity index (χ0) is 19.1. The van der Waals surface area contributed by atoms with Crippen molar-refractivity contribution in [1.29, 1.82) is 0 Å². The van der Waals surface area contributed by atoms with E-state index in [4.69, 9.17) is 4.99 Å². The Labute approximate surface area is 188 Å². The van der Waals surface area contributed by atoms with Crippen LogP contribution in [0.25, 0.3) is 0 Å². The number of halogens is 1. The maximum Gasteiger partial charge on any atom is 0.193 e. The molecular formula is C22H38IN5. The van der Waals surface area contributed by atoms with E-state index in [1.165, 1.54) is 44.7 Å². The summed E-state index contributed by atoms with van der Waals surface area (Å²) in [4.78, 5) is 12.6. The van der Waals surface area contributed by atoms with Gasteiger partial charge in [0.05, 0.1) is 6.54 Å². The fraction of sp³-hybridized carbons (Fsp3) is 0.682. The molecule has 0 saturated carbocycles. The van der Waals surface area contributed by atoms with Crippen molar-refractivity contribution >= 4 is 29.9 Å². The van der Waals surface area contributed by atoms with Crippen LogP contribution in [-0.4, -0.2) is 85.6 Å². The minimum atomic E-state index is 0. The SMILES string of the molecule is CCNC(=NCC(C)N1CCN(CC)CC1)N1CCC(c2ccccc2)C1.I. The average Bonchev–Trinajstić information content (AvgIpc) is 3.21. The van der Waals surface area contributed by atoms with Gasteiger partial charge in [0.1, 0.15) is 0 Å². The summed E-state index contributed by atoms with van der Waals surface area (Å²) >= 11 is 0. The molecule has 2 fully saturated rings. The van der Waals surface area contributed by atoms with Crippen molar-refractivity contribution in [2.24, 2.45) is 4.99 Å². The smallest absolute Gasteiger partial charge is 0.193 e. The second-order valence-corrected chi connectivity index (χ2v) is 7.86. The van der Waals surface area contributed by atoms with Gasteiger partial charge < -0.3 is 15.1 Å². The van der Waals surface area contributed by atoms with E-state index in [0.29, 0.717) is 12.0 Å². The van der Waals surface area contributed by atoms with Crippen LogP contribution in [0.2, 0.25) is 0 Å². The first kappa shape index (κ1) is 23.4. The van der Waals surface area contributed by atoms with Gasteiger partial charge in [-0.3, -0.25) is 9.89 Å². The quantitative estimate of drug-likeness (QED) is 0.371. The third-order valence-corrected chi connectivity index (χ3v) is 6.08. The largest absolute Gasteiger partial charge is 0.357 e. The Kier molecular flexibility index (Phi) is 10.0. The van der Waals surface area contributed by atoms with Crippen molar-refractivity contribution in [3.8, 4) is 0 Å². The maximum absolute atomic E-state index is 5.01. The van der Waals surface area contributed by atoms with Crippen LogP contribution in [0.5, 0.6) is 0 Å². The molecule has 2 saturated heterocycles. The number of rotatable bonds is 6. The Morgan fingerprint density at radius 3 is 2.46 bits per heavy atom. The van der Waals surface area contributed by atoms with Crippen LogP contribution in [0.3, 0.4) is 0 Å². The molecule has 2 aliphatic rings. The van der Waals surface area contributed by atoms with E-state index in [1.54, 1.807) is 0 Å². The molecular weight excluding hydrogens is 461 g/mol. The fourth-order valence-electron chi connectivity index (χ4n) is 4.23. The van der Waals surface area contributed by atoms with E-state index in [2.05, 4.69) is 71.1 Å². The van der Waals surface area contributed by atoms with Crippen LogP contribution >= 0.6 is 24.0 Å². The molecule has 158 valence electrons. The Morgan fingerprint density at radius 1 is 1.11 bits per heavy atom. The second-order valence-electron chi connectivity index (χ2n) is 7.86. The van der Waals surface area contributed by atoms with Crippen LogP contribution in [0, 0.1) is 0 Å². The molecule has 1 N–H and O–H groups in total. The van der Waals surface area contributed by atoms with E-state index in [1.807, 2.05) is 0 Å². The number of likely N-dealkylation sites (N-methyl/N-ethyl adjacent to an activating group) is 1. The van der Waals surface area contributed by atoms with Crippen molar-refractivity contribution in [3.05, 3.63) is 35.9 Å². The highest BCUT2D eigenvalue weighted by molar-refractivity contribution is 14.0. The molecule has 0 amide bonds. The van der Waals surface area contributed by atoms with Crippen molar-refractivity contribution in [2.75, 3.05) is 58.9 Å². The van der Waals surface area contributed by atoms with E-state index >= 15 is 0 Å². The first-order chi connectivity index (χ1) is 13.2. The van der Waals surface area contributed by atoms with Crippen LogP contribution in [0.4, 0.5) is 0 Å². The Hall–Kier alpha value is -0.860. The van der Waals surface area contributed by atoms with Crippen molar-refractivity contribution in [3.63, 3.8) is 0 Å². The number of aliphatic imine (C=N–C) groups is 1. The summed E-state index contributed by atoms with van der Waals surface area (Å²) in [7, 11) is 0. The van der Waals surface area contributed by atoms with Gasteiger partial charge in [-0.25, -0.2) is 0 Å². The van der Waals surface area contributed by atoms with Gasteiger partial charge in [-0.05, 0) is 32.4 Å². The van der Waals surface area contributed by atoms with Gasteiger partial charge >= 0.3 is 0 Å². The Bertz CT molecular complexity index is 586. The highest BCUT2D eigenvalue weighted by atomic mass is 127. The van der Waals surface area contributed by atoms with Gasteiger partial charge in [0, 0.05) is 57.8 Å². The Balaban J connectivity index is 0.00000280. The first-order valence-corrected chi connectivity index (χ1v) is 10.8. The van der Waals surface area contributed by atoms with Gasteiger partial charge in [-0.15, -0.1) is 24.0 Å². The average molecular weight is 499 g/mol. The predicted molar refractivity (Wildman–Crippen MR) is 130 cm³/mol. The van der Waals surface area contributed by atoms with Gasteiger partial charge in [0.2, 0.25) is 0 Å². The molecule has 0 bridgehead atoms. The van der Waals surface area contributed by atoms with E-state index in [-0.39, 0.29) is 24.0 Å². The highest BCUT2D eigenvalue weighted by Crippen LogP contribution is 2.26. The molecule has 2 unspecified atom stereocenters. The zero-order valence-electron chi connectivity index (χ0n) is 17.8. The molecule has 2 heterocycles. The predicted octanol–water partition coefficient (Wildman–Crippen LogP) is 3.09. The standard InChI is InChI=1S/C22H37N5.HI/c1-4-23-22(24-17-19(3)26-15-13-25(5-2)14-16-26)27-12-11-21(18-27)20-9-7-6-8-10-20;/h6-10,19,21H,4-5,11-18H2,1-3H3,(H,23,24);1H. The van der Waals surface area contributed by atoms with Crippen molar-refractivity contribution in [2.45, 2.75) is 39.2 Å². The molecule has 3 rings (SSSR count). The number of piperazine rings is 1. The molecule has 2 atom stereocenters. The molecule has 0 aromatic heterocycles. The first-order valence-electron chi connectivity index (χ1n) is 10.8. The summed E-state index contributed by atoms with van der Waals surface area (Å²) in [5.41, 5.74) is 1.46. The number of likely N-dealkylation sites (tertiary alicyclic amines) is 1. The summed E-state index contributed by atoms with van der Waals surface area (Å²) < 4.78 is 0. The summed E-state index contributed by atoms with van der Waals surface area (Å²) in [5.74, 6) is 1.71. The van der Waals surface area contributed by atoms with Gasteiger partial charge in [-0.1, -0.05) is 37.3 Å². The molecule has 28 heavy (non-hydrogen) atoms. The molecule has 5 nitrogen and oxygen atoms in total. The topological polar surface area (TPSA) is 34.1 Å². The number of guanidine groups is 1. The molecule has 0 spiro atoms. The second kappa shape index (κ2) is 12.0. The van der Waals surface area contributed by atoms with Crippen LogP contribution in [0.15, 0.2) is 35.3 Å². The summed E-state index contributed by atoms with van der Waals surface area (Å²) in [5, 5.41) is 3.52. The number of hydrogen-bond donors (Lipinski definition) is 1. The van der Waals surface area contributed by atoms with Gasteiger partial charge in [0.25, 0.3) is 0 Å². The minimum Gasteiger partial charge on any atom is -0.357 e. The lowest BCUT2D eigenvalue weighted by Crippen LogP contribution is -2.50. The lowest BCUT2D eigenvalue weighted by molar-refractivity contribution is 0.109. The minimum absolute atomic E-state index is 0. The maximum atomic E-state index is 5.01. The molecule has 0 aliphatic carbocycles. The number of nitrogens with one attached hydrogen (secondary N) is 1. The number of nitrogens with zero attached hydrogens (tertiary/aromatic N) is 4. The molecule has 1 aromatic rings. The number of hydrogen-bond acceptors (Lipinski definition) is 3. The lowest BCUT2D eigenvalue weighted by atomic mass is 9.99. The van der Waals surface area contributed by atoms with Gasteiger partial charge in [0.15, 0.2) is 5.96 Å². The van der Waals surface area contributed by atoms with Crippen molar-refractivity contribution < 1.29 is 0 Å². The summed E-state index contributed by atoms with van der Waals surface area (Å²) in [6.45, 7) is 16.6. The summed E-state index contributed by atoms with van der Waals surface area (Å²) in [6, 6.07) is 11.4. The van der Waals surface area contributed by atoms with E-state index < -0.39 is 0 Å². The van der Waals surface area contributed by atoms with E-state index in [9.17, 15) is 0 Å².